The first-order valence-corrected chi connectivity index (χ1v) is 12.1. The summed E-state index contributed by atoms with van der Waals surface area (Å²) < 4.78 is 40.4. The Labute approximate surface area is 219 Å². The number of benzene rings is 1. The quantitative estimate of drug-likeness (QED) is 0.554. The van der Waals surface area contributed by atoms with Gasteiger partial charge in [-0.2, -0.15) is 0 Å². The first-order chi connectivity index (χ1) is 18.0. The molecule has 0 spiro atoms. The molecule has 204 valence electrons. The number of nitrogens with zero attached hydrogens (tertiary/aromatic N) is 4. The van der Waals surface area contributed by atoms with Crippen molar-refractivity contribution in [3.05, 3.63) is 40.6 Å². The number of carbonyl (C=O) groups is 2. The fourth-order valence-electron chi connectivity index (χ4n) is 5.16. The van der Waals surface area contributed by atoms with E-state index in [0.717, 1.165) is 11.0 Å². The van der Waals surface area contributed by atoms with Crippen LogP contribution in [0.1, 0.15) is 36.8 Å². The Hall–Kier alpha value is -3.93. The number of hydrogen-bond donors (Lipinski definition) is 2. The third-order valence-electron chi connectivity index (χ3n) is 6.76. The standard InChI is InChI=1S/C26H32F2N6O4/c1-13-10-34(23-20(27)18(37-6)9-19(38-7)21(23)28)26(36)32(5)22(13)16-8-17(31-24(16)29-4)25(35)33-11-14(2)30-15(3)12-33/h8-9,14-15,30-31H,4,10-12H2,1-3,5-7H3/t14-,15+. The average molecular weight is 531 g/mol. The Balaban J connectivity index is 1.74. The zero-order chi connectivity index (χ0) is 27.9. The van der Waals surface area contributed by atoms with Crippen molar-refractivity contribution >= 4 is 35.9 Å². The van der Waals surface area contributed by atoms with Gasteiger partial charge in [-0.25, -0.2) is 18.6 Å². The van der Waals surface area contributed by atoms with Gasteiger partial charge in [-0.3, -0.25) is 14.6 Å². The van der Waals surface area contributed by atoms with E-state index in [4.69, 9.17) is 9.47 Å². The Morgan fingerprint density at radius 3 is 2.21 bits per heavy atom. The molecule has 3 heterocycles. The summed E-state index contributed by atoms with van der Waals surface area (Å²) in [4.78, 5) is 37.9. The molecule has 12 heteroatoms. The van der Waals surface area contributed by atoms with E-state index >= 15 is 8.78 Å². The number of nitrogens with one attached hydrogen (secondary N) is 2. The lowest BCUT2D eigenvalue weighted by atomic mass is 10.0. The lowest BCUT2D eigenvalue weighted by molar-refractivity contribution is 0.0668. The fourth-order valence-corrected chi connectivity index (χ4v) is 5.16. The maximum Gasteiger partial charge on any atom is 0.329 e. The Morgan fingerprint density at radius 1 is 1.11 bits per heavy atom. The number of hydrogen-bond acceptors (Lipinski definition) is 6. The van der Waals surface area contributed by atoms with Crippen LogP contribution >= 0.6 is 0 Å². The number of anilines is 1. The van der Waals surface area contributed by atoms with E-state index in [1.807, 2.05) is 13.8 Å². The van der Waals surface area contributed by atoms with Crippen molar-refractivity contribution in [3.63, 3.8) is 0 Å². The molecule has 1 aromatic carbocycles. The van der Waals surface area contributed by atoms with E-state index in [2.05, 4.69) is 22.0 Å². The van der Waals surface area contributed by atoms with Gasteiger partial charge in [-0.1, -0.05) is 0 Å². The molecule has 2 aliphatic rings. The van der Waals surface area contributed by atoms with Crippen molar-refractivity contribution < 1.29 is 27.8 Å². The van der Waals surface area contributed by atoms with E-state index in [1.54, 1.807) is 17.9 Å². The van der Waals surface area contributed by atoms with Gasteiger partial charge in [0.05, 0.1) is 26.5 Å². The molecule has 3 amide bonds. The third kappa shape index (κ3) is 4.60. The van der Waals surface area contributed by atoms with Gasteiger partial charge in [0, 0.05) is 43.9 Å². The molecular weight excluding hydrogens is 498 g/mol. The van der Waals surface area contributed by atoms with Gasteiger partial charge in [0.25, 0.3) is 5.91 Å². The van der Waals surface area contributed by atoms with Gasteiger partial charge in [-0.15, -0.1) is 0 Å². The average Bonchev–Trinajstić information content (AvgIpc) is 3.30. The zero-order valence-corrected chi connectivity index (χ0v) is 22.3. The molecule has 1 aromatic heterocycles. The number of amides is 3. The Bertz CT molecular complexity index is 1290. The van der Waals surface area contributed by atoms with Gasteiger partial charge in [0.15, 0.2) is 23.1 Å². The molecule has 0 radical (unpaired) electrons. The topological polar surface area (TPSA) is 103 Å². The Kier molecular flexibility index (Phi) is 7.45. The van der Waals surface area contributed by atoms with Crippen molar-refractivity contribution in [1.82, 2.24) is 20.1 Å². The molecule has 10 nitrogen and oxygen atoms in total. The monoisotopic (exact) mass is 530 g/mol. The van der Waals surface area contributed by atoms with Crippen molar-refractivity contribution in [2.45, 2.75) is 32.9 Å². The molecule has 2 aromatic rings. The molecule has 2 atom stereocenters. The number of urea groups is 1. The molecule has 38 heavy (non-hydrogen) atoms. The highest BCUT2D eigenvalue weighted by atomic mass is 19.1. The van der Waals surface area contributed by atoms with Crippen LogP contribution in [-0.2, 0) is 0 Å². The van der Waals surface area contributed by atoms with Gasteiger partial charge in [0.2, 0.25) is 0 Å². The summed E-state index contributed by atoms with van der Waals surface area (Å²) in [5.74, 6) is -2.45. The maximum absolute atomic E-state index is 15.2. The minimum atomic E-state index is -1.02. The number of aromatic amines is 1. The van der Waals surface area contributed by atoms with Gasteiger partial charge in [0.1, 0.15) is 17.2 Å². The summed E-state index contributed by atoms with van der Waals surface area (Å²) in [6, 6.07) is 2.32. The number of aliphatic imine (C=N–C) groups is 1. The molecular formula is C26H32F2N6O4. The van der Waals surface area contributed by atoms with Crippen molar-refractivity contribution in [1.29, 1.82) is 0 Å². The first kappa shape index (κ1) is 27.1. The van der Waals surface area contributed by atoms with Crippen LogP contribution in [-0.4, -0.2) is 86.4 Å². The van der Waals surface area contributed by atoms with Crippen LogP contribution in [0.5, 0.6) is 11.5 Å². The highest BCUT2D eigenvalue weighted by molar-refractivity contribution is 6.03. The minimum absolute atomic E-state index is 0.124. The molecule has 0 aliphatic carbocycles. The van der Waals surface area contributed by atoms with Gasteiger partial charge in [-0.05, 0) is 39.1 Å². The van der Waals surface area contributed by atoms with Gasteiger partial charge < -0.3 is 24.7 Å². The minimum Gasteiger partial charge on any atom is -0.493 e. The van der Waals surface area contributed by atoms with E-state index in [0.29, 0.717) is 41.4 Å². The highest BCUT2D eigenvalue weighted by Crippen LogP contribution is 2.41. The van der Waals surface area contributed by atoms with Crippen molar-refractivity contribution in [3.8, 4) is 11.5 Å². The van der Waals surface area contributed by atoms with E-state index in [1.165, 1.54) is 26.2 Å². The normalized spacial score (nSPS) is 20.2. The number of ether oxygens (including phenoxy) is 2. The lowest BCUT2D eigenvalue weighted by Crippen LogP contribution is -2.55. The van der Waals surface area contributed by atoms with Crippen LogP contribution in [0.3, 0.4) is 0 Å². The number of rotatable bonds is 6. The molecule has 4 rings (SSSR count). The zero-order valence-electron chi connectivity index (χ0n) is 22.3. The largest absolute Gasteiger partial charge is 0.493 e. The summed E-state index contributed by atoms with van der Waals surface area (Å²) in [6.07, 6.45) is 0. The first-order valence-electron chi connectivity index (χ1n) is 12.1. The third-order valence-corrected chi connectivity index (χ3v) is 6.76. The van der Waals surface area contributed by atoms with E-state index in [-0.39, 0.29) is 36.0 Å². The maximum atomic E-state index is 15.2. The number of aromatic nitrogens is 1. The lowest BCUT2D eigenvalue weighted by Gasteiger charge is -2.36. The molecule has 1 saturated heterocycles. The second-order valence-corrected chi connectivity index (χ2v) is 9.60. The van der Waals surface area contributed by atoms with Gasteiger partial charge >= 0.3 is 6.03 Å². The summed E-state index contributed by atoms with van der Waals surface area (Å²) in [5, 5.41) is 3.39. The SMILES string of the molecule is C=Nc1[nH]c(C(=O)N2C[C@@H](C)N[C@@H](C)C2)cc1C1=C(C)CN(c2c(F)c(OC)cc(OC)c2F)C(=O)N1C. The predicted molar refractivity (Wildman–Crippen MR) is 141 cm³/mol. The van der Waals surface area contributed by atoms with Crippen molar-refractivity contribution in [2.75, 3.05) is 45.8 Å². The Morgan fingerprint density at radius 2 is 1.68 bits per heavy atom. The second kappa shape index (κ2) is 10.4. The van der Waals surface area contributed by atoms with Crippen LogP contribution in [0.15, 0.2) is 22.7 Å². The fraction of sp³-hybridized carbons (Fsp3) is 0.423. The molecule has 1 fully saturated rings. The predicted octanol–water partition coefficient (Wildman–Crippen LogP) is 3.77. The number of carbonyl (C=O) groups excluding carboxylic acids is 2. The molecule has 2 aliphatic heterocycles. The van der Waals surface area contributed by atoms with E-state index in [9.17, 15) is 9.59 Å². The van der Waals surface area contributed by atoms with Crippen LogP contribution in [0, 0.1) is 11.6 Å². The van der Waals surface area contributed by atoms with Crippen LogP contribution < -0.4 is 19.7 Å². The van der Waals surface area contributed by atoms with Crippen molar-refractivity contribution in [2.24, 2.45) is 4.99 Å². The molecule has 0 bridgehead atoms. The number of halogens is 2. The number of H-pyrrole nitrogens is 1. The molecule has 2 N–H and O–H groups in total. The number of piperazine rings is 1. The summed E-state index contributed by atoms with van der Waals surface area (Å²) >= 11 is 0. The van der Waals surface area contributed by atoms with Crippen LogP contribution in [0.2, 0.25) is 0 Å². The summed E-state index contributed by atoms with van der Waals surface area (Å²) in [6.45, 7) is 10.3. The van der Waals surface area contributed by atoms with Crippen LogP contribution in [0.25, 0.3) is 5.70 Å². The van der Waals surface area contributed by atoms with E-state index < -0.39 is 23.4 Å². The number of methoxy groups -OCH3 is 2. The summed E-state index contributed by atoms with van der Waals surface area (Å²) in [5.41, 5.74) is 1.28. The highest BCUT2D eigenvalue weighted by Gasteiger charge is 2.37. The molecule has 0 saturated carbocycles. The second-order valence-electron chi connectivity index (χ2n) is 9.60. The smallest absolute Gasteiger partial charge is 0.329 e. The summed E-state index contributed by atoms with van der Waals surface area (Å²) in [7, 11) is 3.97. The molecule has 0 unspecified atom stereocenters. The van der Waals surface area contributed by atoms with Crippen LogP contribution in [0.4, 0.5) is 25.1 Å².